The second-order valence-electron chi connectivity index (χ2n) is 4.06. The summed E-state index contributed by atoms with van der Waals surface area (Å²) in [5, 5.41) is 19.8. The van der Waals surface area contributed by atoms with E-state index in [0.717, 1.165) is 0 Å². The Kier molecular flexibility index (Phi) is 3.16. The number of ether oxygens (including phenoxy) is 1. The maximum absolute atomic E-state index is 11.0. The molecule has 0 amide bonds. The van der Waals surface area contributed by atoms with E-state index in [2.05, 4.69) is 4.98 Å². The van der Waals surface area contributed by atoms with Crippen molar-refractivity contribution >= 4 is 11.6 Å². The lowest BCUT2D eigenvalue weighted by Crippen LogP contribution is -2.42. The Hall–Kier alpha value is -2.14. The number of hydrogen-bond donors (Lipinski definition) is 0. The van der Waals surface area contributed by atoms with Gasteiger partial charge in [0.15, 0.2) is 6.10 Å². The molecule has 96 valence electrons. The van der Waals surface area contributed by atoms with Crippen LogP contribution in [-0.4, -0.2) is 40.3 Å². The van der Waals surface area contributed by atoms with E-state index < -0.39 is 11.0 Å². The largest absolute Gasteiger partial charge is 0.406 e. The molecule has 18 heavy (non-hydrogen) atoms. The van der Waals surface area contributed by atoms with Crippen molar-refractivity contribution in [3.05, 3.63) is 15.9 Å². The quantitative estimate of drug-likeness (QED) is 0.556. The maximum Gasteiger partial charge on any atom is 0.406 e. The van der Waals surface area contributed by atoms with Crippen molar-refractivity contribution < 1.29 is 9.66 Å². The van der Waals surface area contributed by atoms with E-state index in [1.165, 1.54) is 0 Å². The number of anilines is 1. The van der Waals surface area contributed by atoms with Crippen LogP contribution in [0.1, 0.15) is 5.82 Å². The van der Waals surface area contributed by atoms with Gasteiger partial charge in [0.1, 0.15) is 0 Å². The van der Waals surface area contributed by atoms with Gasteiger partial charge in [0.05, 0.1) is 19.2 Å². The van der Waals surface area contributed by atoms with Crippen LogP contribution in [0.4, 0.5) is 11.6 Å². The van der Waals surface area contributed by atoms with Crippen LogP contribution in [0.3, 0.4) is 0 Å². The Morgan fingerprint density at radius 1 is 1.67 bits per heavy atom. The summed E-state index contributed by atoms with van der Waals surface area (Å²) in [4.78, 5) is 16.2. The van der Waals surface area contributed by atoms with Crippen molar-refractivity contribution in [2.24, 2.45) is 7.05 Å². The molecule has 1 aromatic heterocycles. The zero-order chi connectivity index (χ0) is 13.3. The highest BCUT2D eigenvalue weighted by molar-refractivity contribution is 5.56. The van der Waals surface area contributed by atoms with Gasteiger partial charge in [0.2, 0.25) is 11.6 Å². The van der Waals surface area contributed by atoms with Gasteiger partial charge in [0, 0.05) is 20.5 Å². The molecule has 2 rings (SSSR count). The van der Waals surface area contributed by atoms with Crippen molar-refractivity contribution in [1.29, 1.82) is 5.26 Å². The Labute approximate surface area is 104 Å². The molecule has 8 heteroatoms. The van der Waals surface area contributed by atoms with Gasteiger partial charge in [-0.25, -0.2) is 0 Å². The van der Waals surface area contributed by atoms with E-state index >= 15 is 0 Å². The smallest absolute Gasteiger partial charge is 0.360 e. The second kappa shape index (κ2) is 4.62. The summed E-state index contributed by atoms with van der Waals surface area (Å²) >= 11 is 0. The summed E-state index contributed by atoms with van der Waals surface area (Å²) < 4.78 is 6.89. The SMILES string of the molecule is Cc1nc([N+](=O)[O-])c(N2CCOC(C#N)C2)n1C. The number of hydrogen-bond acceptors (Lipinski definition) is 6. The molecule has 0 aliphatic carbocycles. The summed E-state index contributed by atoms with van der Waals surface area (Å²) in [6, 6.07) is 2.02. The van der Waals surface area contributed by atoms with Crippen molar-refractivity contribution in [3.8, 4) is 6.07 Å². The number of imidazole rings is 1. The molecule has 1 saturated heterocycles. The molecular formula is C10H13N5O3. The fourth-order valence-corrected chi connectivity index (χ4v) is 1.98. The molecule has 8 nitrogen and oxygen atoms in total. The molecule has 0 saturated carbocycles. The maximum atomic E-state index is 11.0. The van der Waals surface area contributed by atoms with Crippen molar-refractivity contribution in [2.75, 3.05) is 24.6 Å². The van der Waals surface area contributed by atoms with E-state index in [-0.39, 0.29) is 5.82 Å². The van der Waals surface area contributed by atoms with E-state index in [1.807, 2.05) is 6.07 Å². The Morgan fingerprint density at radius 2 is 2.39 bits per heavy atom. The Bertz CT molecular complexity index is 518. The molecule has 1 atom stereocenters. The minimum absolute atomic E-state index is 0.173. The summed E-state index contributed by atoms with van der Waals surface area (Å²) in [6.45, 7) is 2.91. The van der Waals surface area contributed by atoms with Crippen LogP contribution in [0.25, 0.3) is 0 Å². The van der Waals surface area contributed by atoms with Crippen LogP contribution < -0.4 is 4.90 Å². The third kappa shape index (κ3) is 2.00. The van der Waals surface area contributed by atoms with Gasteiger partial charge in [-0.05, 0) is 9.91 Å². The fourth-order valence-electron chi connectivity index (χ4n) is 1.98. The van der Waals surface area contributed by atoms with Crippen LogP contribution in [-0.2, 0) is 11.8 Å². The normalized spacial score (nSPS) is 19.6. The monoisotopic (exact) mass is 251 g/mol. The average Bonchev–Trinajstić information content (AvgIpc) is 2.66. The molecule has 0 aromatic carbocycles. The van der Waals surface area contributed by atoms with Crippen molar-refractivity contribution in [2.45, 2.75) is 13.0 Å². The Balaban J connectivity index is 2.38. The molecule has 1 aliphatic heterocycles. The molecule has 1 unspecified atom stereocenters. The minimum atomic E-state index is -0.562. The highest BCUT2D eigenvalue weighted by Crippen LogP contribution is 2.29. The molecule has 1 fully saturated rings. The van der Waals surface area contributed by atoms with Crippen LogP contribution in [0.2, 0.25) is 0 Å². The van der Waals surface area contributed by atoms with Crippen LogP contribution >= 0.6 is 0 Å². The number of morpholine rings is 1. The molecule has 0 spiro atoms. The first-order valence-electron chi connectivity index (χ1n) is 5.48. The molecule has 1 aliphatic rings. The highest BCUT2D eigenvalue weighted by Gasteiger charge is 2.31. The first kappa shape index (κ1) is 12.3. The van der Waals surface area contributed by atoms with Gasteiger partial charge in [-0.1, -0.05) is 0 Å². The van der Waals surface area contributed by atoms with E-state index in [9.17, 15) is 10.1 Å². The lowest BCUT2D eigenvalue weighted by molar-refractivity contribution is -0.388. The molecule has 0 bridgehead atoms. The molecule has 0 N–H and O–H groups in total. The third-order valence-corrected chi connectivity index (χ3v) is 2.95. The first-order valence-corrected chi connectivity index (χ1v) is 5.48. The minimum Gasteiger partial charge on any atom is -0.360 e. The molecule has 1 aromatic rings. The molecule has 2 heterocycles. The van der Waals surface area contributed by atoms with E-state index in [0.29, 0.717) is 31.3 Å². The summed E-state index contributed by atoms with van der Waals surface area (Å²) in [6.07, 6.45) is -0.562. The van der Waals surface area contributed by atoms with Crippen LogP contribution in [0.15, 0.2) is 0 Å². The topological polar surface area (TPSA) is 97.2 Å². The van der Waals surface area contributed by atoms with E-state index in [4.69, 9.17) is 10.00 Å². The second-order valence-corrected chi connectivity index (χ2v) is 4.06. The number of nitro groups is 1. The molecule has 0 radical (unpaired) electrons. The first-order chi connectivity index (χ1) is 8.54. The zero-order valence-corrected chi connectivity index (χ0v) is 10.2. The van der Waals surface area contributed by atoms with Crippen molar-refractivity contribution in [1.82, 2.24) is 9.55 Å². The average molecular weight is 251 g/mol. The standard InChI is InChI=1S/C10H13N5O3/c1-7-12-9(15(16)17)10(13(7)2)14-3-4-18-8(5-11)6-14/h8H,3-4,6H2,1-2H3. The van der Waals surface area contributed by atoms with Crippen LogP contribution in [0.5, 0.6) is 0 Å². The number of rotatable bonds is 2. The predicted octanol–water partition coefficient (Wildman–Crippen LogP) is 0.365. The van der Waals surface area contributed by atoms with Gasteiger partial charge >= 0.3 is 5.82 Å². The highest BCUT2D eigenvalue weighted by atomic mass is 16.6. The fraction of sp³-hybridized carbons (Fsp3) is 0.600. The van der Waals surface area contributed by atoms with E-state index in [1.54, 1.807) is 23.4 Å². The zero-order valence-electron chi connectivity index (χ0n) is 10.2. The van der Waals surface area contributed by atoms with Gasteiger partial charge < -0.3 is 19.8 Å². The van der Waals surface area contributed by atoms with Crippen LogP contribution in [0, 0.1) is 28.4 Å². The Morgan fingerprint density at radius 3 is 3.00 bits per heavy atom. The summed E-state index contributed by atoms with van der Waals surface area (Å²) in [5.74, 6) is 0.825. The number of aryl methyl sites for hydroxylation is 1. The van der Waals surface area contributed by atoms with Crippen molar-refractivity contribution in [3.63, 3.8) is 0 Å². The lowest BCUT2D eigenvalue weighted by atomic mass is 10.3. The predicted molar refractivity (Wildman–Crippen MR) is 62.2 cm³/mol. The van der Waals surface area contributed by atoms with Gasteiger partial charge in [0.25, 0.3) is 0 Å². The summed E-state index contributed by atoms with van der Waals surface area (Å²) in [7, 11) is 1.72. The van der Waals surface area contributed by atoms with Gasteiger partial charge in [-0.2, -0.15) is 5.26 Å². The number of nitrogens with zero attached hydrogens (tertiary/aromatic N) is 5. The summed E-state index contributed by atoms with van der Waals surface area (Å²) in [5.41, 5.74) is 0. The van der Waals surface area contributed by atoms with Gasteiger partial charge in [-0.15, -0.1) is 0 Å². The number of aromatic nitrogens is 2. The third-order valence-electron chi connectivity index (χ3n) is 2.95. The number of nitriles is 1. The lowest BCUT2D eigenvalue weighted by Gasteiger charge is -2.30. The molecular weight excluding hydrogens is 238 g/mol. The van der Waals surface area contributed by atoms with Gasteiger partial charge in [-0.3, -0.25) is 4.57 Å².